The van der Waals surface area contributed by atoms with Crippen LogP contribution in [0.5, 0.6) is 5.75 Å². The highest BCUT2D eigenvalue weighted by atomic mass is 19.1. The maximum absolute atomic E-state index is 13.0. The Labute approximate surface area is 119 Å². The van der Waals surface area contributed by atoms with Gasteiger partial charge in [0.25, 0.3) is 0 Å². The van der Waals surface area contributed by atoms with Gasteiger partial charge in [-0.2, -0.15) is 0 Å². The maximum atomic E-state index is 13.0. The van der Waals surface area contributed by atoms with Gasteiger partial charge in [0.1, 0.15) is 17.7 Å². The molecule has 1 amide bonds. The zero-order valence-electron chi connectivity index (χ0n) is 12.1. The molecule has 4 nitrogen and oxygen atoms in total. The summed E-state index contributed by atoms with van der Waals surface area (Å²) in [6, 6.07) is 5.85. The van der Waals surface area contributed by atoms with Gasteiger partial charge in [0.05, 0.1) is 19.1 Å². The molecular formula is C15H22FNO3. The highest BCUT2D eigenvalue weighted by Gasteiger charge is 2.15. The molecule has 0 aliphatic rings. The average molecular weight is 283 g/mol. The average Bonchev–Trinajstić information content (AvgIpc) is 2.36. The van der Waals surface area contributed by atoms with Crippen LogP contribution in [0.4, 0.5) is 4.39 Å². The molecule has 0 aliphatic carbocycles. The van der Waals surface area contributed by atoms with Crippen molar-refractivity contribution >= 4 is 5.91 Å². The first-order chi connectivity index (χ1) is 9.38. The molecule has 1 rings (SSSR count). The SMILES string of the molecule is CC(CNC(=O)CC(O)C(C)C)Oc1cccc(F)c1. The van der Waals surface area contributed by atoms with Crippen LogP contribution in [0.1, 0.15) is 27.2 Å². The highest BCUT2D eigenvalue weighted by Crippen LogP contribution is 2.13. The molecule has 0 spiro atoms. The van der Waals surface area contributed by atoms with Crippen molar-refractivity contribution < 1.29 is 19.0 Å². The number of carbonyl (C=O) groups is 1. The molecule has 5 heteroatoms. The quantitative estimate of drug-likeness (QED) is 0.806. The summed E-state index contributed by atoms with van der Waals surface area (Å²) in [5.74, 6) is -0.115. The van der Waals surface area contributed by atoms with Gasteiger partial charge in [-0.25, -0.2) is 4.39 Å². The molecule has 2 N–H and O–H groups in total. The van der Waals surface area contributed by atoms with Gasteiger partial charge < -0.3 is 15.2 Å². The molecular weight excluding hydrogens is 261 g/mol. The monoisotopic (exact) mass is 283 g/mol. The molecule has 20 heavy (non-hydrogen) atoms. The molecule has 0 heterocycles. The fourth-order valence-electron chi connectivity index (χ4n) is 1.57. The third-order valence-corrected chi connectivity index (χ3v) is 2.88. The second kappa shape index (κ2) is 7.85. The predicted molar refractivity (Wildman–Crippen MR) is 75.0 cm³/mol. The molecule has 1 aromatic carbocycles. The molecule has 2 unspecified atom stereocenters. The van der Waals surface area contributed by atoms with Gasteiger partial charge in [0.15, 0.2) is 0 Å². The van der Waals surface area contributed by atoms with E-state index in [0.29, 0.717) is 12.3 Å². The van der Waals surface area contributed by atoms with Crippen LogP contribution in [0.15, 0.2) is 24.3 Å². The lowest BCUT2D eigenvalue weighted by Crippen LogP contribution is -2.36. The van der Waals surface area contributed by atoms with E-state index in [1.807, 2.05) is 13.8 Å². The van der Waals surface area contributed by atoms with Crippen molar-refractivity contribution in [1.29, 1.82) is 0 Å². The normalized spacial score (nSPS) is 13.9. The van der Waals surface area contributed by atoms with Gasteiger partial charge in [0.2, 0.25) is 5.91 Å². The zero-order valence-corrected chi connectivity index (χ0v) is 12.1. The number of hydrogen-bond donors (Lipinski definition) is 2. The Bertz CT molecular complexity index is 437. The topological polar surface area (TPSA) is 58.6 Å². The largest absolute Gasteiger partial charge is 0.489 e. The summed E-state index contributed by atoms with van der Waals surface area (Å²) >= 11 is 0. The summed E-state index contributed by atoms with van der Waals surface area (Å²) in [4.78, 5) is 11.6. The number of benzene rings is 1. The number of hydrogen-bond acceptors (Lipinski definition) is 3. The number of aliphatic hydroxyl groups is 1. The zero-order chi connectivity index (χ0) is 15.1. The highest BCUT2D eigenvalue weighted by molar-refractivity contribution is 5.76. The number of halogens is 1. The maximum Gasteiger partial charge on any atom is 0.222 e. The summed E-state index contributed by atoms with van der Waals surface area (Å²) in [5, 5.41) is 12.3. The smallest absolute Gasteiger partial charge is 0.222 e. The van der Waals surface area contributed by atoms with E-state index >= 15 is 0 Å². The van der Waals surface area contributed by atoms with E-state index in [1.54, 1.807) is 19.1 Å². The number of ether oxygens (including phenoxy) is 1. The molecule has 1 aromatic rings. The van der Waals surface area contributed by atoms with E-state index in [2.05, 4.69) is 5.32 Å². The molecule has 2 atom stereocenters. The standard InChI is InChI=1S/C15H22FNO3/c1-10(2)14(18)8-15(19)17-9-11(3)20-13-6-4-5-12(16)7-13/h4-7,10-11,14,18H,8-9H2,1-3H3,(H,17,19). The number of carbonyl (C=O) groups excluding carboxylic acids is 1. The van der Waals surface area contributed by atoms with Gasteiger partial charge in [-0.05, 0) is 25.0 Å². The summed E-state index contributed by atoms with van der Waals surface area (Å²) in [6.45, 7) is 5.80. The number of aliphatic hydroxyl groups excluding tert-OH is 1. The first kappa shape index (κ1) is 16.4. The first-order valence-electron chi connectivity index (χ1n) is 6.75. The summed E-state index contributed by atoms with van der Waals surface area (Å²) < 4.78 is 18.5. The van der Waals surface area contributed by atoms with Crippen molar-refractivity contribution in [3.8, 4) is 5.75 Å². The second-order valence-electron chi connectivity index (χ2n) is 5.21. The van der Waals surface area contributed by atoms with Crippen LogP contribution in [-0.4, -0.2) is 29.8 Å². The Morgan fingerprint density at radius 3 is 2.70 bits per heavy atom. The lowest BCUT2D eigenvalue weighted by molar-refractivity contribution is -0.123. The Kier molecular flexibility index (Phi) is 6.45. The van der Waals surface area contributed by atoms with Crippen LogP contribution in [0.3, 0.4) is 0 Å². The lowest BCUT2D eigenvalue weighted by atomic mass is 10.0. The van der Waals surface area contributed by atoms with E-state index in [9.17, 15) is 14.3 Å². The Balaban J connectivity index is 2.32. The van der Waals surface area contributed by atoms with Crippen LogP contribution in [-0.2, 0) is 4.79 Å². The molecule has 112 valence electrons. The van der Waals surface area contributed by atoms with E-state index < -0.39 is 6.10 Å². The van der Waals surface area contributed by atoms with Crippen molar-refractivity contribution in [2.45, 2.75) is 39.4 Å². The van der Waals surface area contributed by atoms with Gasteiger partial charge in [-0.3, -0.25) is 4.79 Å². The van der Waals surface area contributed by atoms with Crippen molar-refractivity contribution in [2.75, 3.05) is 6.54 Å². The number of rotatable bonds is 7. The molecule has 0 aliphatic heterocycles. The van der Waals surface area contributed by atoms with Gasteiger partial charge in [-0.15, -0.1) is 0 Å². The van der Waals surface area contributed by atoms with Crippen LogP contribution < -0.4 is 10.1 Å². The van der Waals surface area contributed by atoms with Crippen molar-refractivity contribution in [1.82, 2.24) is 5.32 Å². The molecule has 0 saturated heterocycles. The van der Waals surface area contributed by atoms with Crippen molar-refractivity contribution in [3.05, 3.63) is 30.1 Å². The summed E-state index contributed by atoms with van der Waals surface area (Å²) in [5.41, 5.74) is 0. The Hall–Kier alpha value is -1.62. The summed E-state index contributed by atoms with van der Waals surface area (Å²) in [6.07, 6.45) is -0.851. The Morgan fingerprint density at radius 2 is 2.10 bits per heavy atom. The van der Waals surface area contributed by atoms with Gasteiger partial charge in [-0.1, -0.05) is 19.9 Å². The second-order valence-corrected chi connectivity index (χ2v) is 5.21. The fourth-order valence-corrected chi connectivity index (χ4v) is 1.57. The fraction of sp³-hybridized carbons (Fsp3) is 0.533. The predicted octanol–water partition coefficient (Wildman–Crippen LogP) is 2.12. The van der Waals surface area contributed by atoms with E-state index in [0.717, 1.165) is 0 Å². The van der Waals surface area contributed by atoms with Crippen molar-refractivity contribution in [2.24, 2.45) is 5.92 Å². The van der Waals surface area contributed by atoms with E-state index in [-0.39, 0.29) is 30.2 Å². The first-order valence-corrected chi connectivity index (χ1v) is 6.75. The third kappa shape index (κ3) is 6.02. The third-order valence-electron chi connectivity index (χ3n) is 2.88. The number of amides is 1. The van der Waals surface area contributed by atoms with Gasteiger partial charge >= 0.3 is 0 Å². The van der Waals surface area contributed by atoms with Crippen LogP contribution >= 0.6 is 0 Å². The molecule has 0 saturated carbocycles. The summed E-state index contributed by atoms with van der Waals surface area (Å²) in [7, 11) is 0. The van der Waals surface area contributed by atoms with Crippen LogP contribution in [0.25, 0.3) is 0 Å². The van der Waals surface area contributed by atoms with Crippen molar-refractivity contribution in [3.63, 3.8) is 0 Å². The lowest BCUT2D eigenvalue weighted by Gasteiger charge is -2.17. The van der Waals surface area contributed by atoms with Crippen LogP contribution in [0, 0.1) is 11.7 Å². The molecule has 0 aromatic heterocycles. The minimum Gasteiger partial charge on any atom is -0.489 e. The van der Waals surface area contributed by atoms with Gasteiger partial charge in [0, 0.05) is 6.07 Å². The Morgan fingerprint density at radius 1 is 1.40 bits per heavy atom. The van der Waals surface area contributed by atoms with E-state index in [1.165, 1.54) is 12.1 Å². The molecule has 0 bridgehead atoms. The molecule has 0 fully saturated rings. The minimum absolute atomic E-state index is 0.0433. The minimum atomic E-state index is -0.644. The molecule has 0 radical (unpaired) electrons. The van der Waals surface area contributed by atoms with E-state index in [4.69, 9.17) is 4.74 Å². The van der Waals surface area contributed by atoms with Crippen LogP contribution in [0.2, 0.25) is 0 Å². The number of nitrogens with one attached hydrogen (secondary N) is 1.